The molecule has 0 amide bonds. The molecule has 2 unspecified atom stereocenters. The van der Waals surface area contributed by atoms with Crippen molar-refractivity contribution in [3.8, 4) is 0 Å². The van der Waals surface area contributed by atoms with E-state index in [1.807, 2.05) is 23.0 Å². The molecule has 3 heteroatoms. The molecule has 2 aromatic rings. The third kappa shape index (κ3) is 1.63. The Morgan fingerprint density at radius 3 is 3.20 bits per heavy atom. The van der Waals surface area contributed by atoms with Gasteiger partial charge in [0.1, 0.15) is 0 Å². The summed E-state index contributed by atoms with van der Waals surface area (Å²) in [6.07, 6.45) is 5.26. The van der Waals surface area contributed by atoms with E-state index >= 15 is 0 Å². The van der Waals surface area contributed by atoms with Crippen LogP contribution >= 0.6 is 0 Å². The summed E-state index contributed by atoms with van der Waals surface area (Å²) in [5.74, 6) is 0.854. The fourth-order valence-electron chi connectivity index (χ4n) is 1.97. The summed E-state index contributed by atoms with van der Waals surface area (Å²) in [6, 6.07) is 6.89. The van der Waals surface area contributed by atoms with Crippen LogP contribution in [0.25, 0.3) is 5.52 Å². The highest BCUT2D eigenvalue weighted by molar-refractivity contribution is 5.53. The van der Waals surface area contributed by atoms with Crippen LogP contribution in [0.1, 0.15) is 18.9 Å². The van der Waals surface area contributed by atoms with Crippen molar-refractivity contribution in [1.29, 1.82) is 0 Å². The number of nitrogens with one attached hydrogen (secondary N) is 1. The minimum absolute atomic E-state index is 0.726. The summed E-state index contributed by atoms with van der Waals surface area (Å²) < 4.78 is 1.92. The lowest BCUT2D eigenvalue weighted by molar-refractivity contribution is 0.655. The van der Waals surface area contributed by atoms with Crippen molar-refractivity contribution in [2.75, 3.05) is 0 Å². The van der Waals surface area contributed by atoms with Crippen LogP contribution in [0.15, 0.2) is 30.6 Å². The first kappa shape index (κ1) is 8.92. The molecule has 2 heterocycles. The van der Waals surface area contributed by atoms with Crippen molar-refractivity contribution in [3.63, 3.8) is 0 Å². The first-order chi connectivity index (χ1) is 7.34. The molecule has 2 atom stereocenters. The Morgan fingerprint density at radius 2 is 2.40 bits per heavy atom. The second-order valence-corrected chi connectivity index (χ2v) is 4.40. The molecule has 3 rings (SSSR count). The van der Waals surface area contributed by atoms with Gasteiger partial charge in [0.05, 0.1) is 11.7 Å². The number of aromatic nitrogens is 2. The van der Waals surface area contributed by atoms with Crippen molar-refractivity contribution in [2.45, 2.75) is 25.9 Å². The zero-order valence-electron chi connectivity index (χ0n) is 8.85. The average Bonchev–Trinajstić information content (AvgIpc) is 2.81. The Balaban J connectivity index is 1.79. The third-order valence-corrected chi connectivity index (χ3v) is 3.17. The molecule has 78 valence electrons. The molecule has 1 aliphatic carbocycles. The van der Waals surface area contributed by atoms with E-state index in [-0.39, 0.29) is 0 Å². The van der Waals surface area contributed by atoms with Gasteiger partial charge < -0.3 is 5.32 Å². The van der Waals surface area contributed by atoms with Crippen LogP contribution in [0.3, 0.4) is 0 Å². The van der Waals surface area contributed by atoms with Crippen molar-refractivity contribution < 1.29 is 0 Å². The van der Waals surface area contributed by atoms with Crippen LogP contribution in [-0.2, 0) is 6.54 Å². The predicted octanol–water partition coefficient (Wildman–Crippen LogP) is 1.83. The summed E-state index contributed by atoms with van der Waals surface area (Å²) >= 11 is 0. The van der Waals surface area contributed by atoms with Gasteiger partial charge in [-0.2, -0.15) is 5.10 Å². The minimum atomic E-state index is 0.726. The van der Waals surface area contributed by atoms with E-state index in [1.54, 1.807) is 0 Å². The number of hydrogen-bond donors (Lipinski definition) is 1. The van der Waals surface area contributed by atoms with Gasteiger partial charge in [-0.05, 0) is 24.5 Å². The van der Waals surface area contributed by atoms with E-state index < -0.39 is 0 Å². The van der Waals surface area contributed by atoms with Gasteiger partial charge in [-0.15, -0.1) is 0 Å². The SMILES string of the molecule is CC1CC1NCc1cnn2ccccc12. The first-order valence-corrected chi connectivity index (χ1v) is 5.49. The molecule has 0 spiro atoms. The van der Waals surface area contributed by atoms with Crippen LogP contribution in [0.5, 0.6) is 0 Å². The molecule has 0 radical (unpaired) electrons. The Hall–Kier alpha value is -1.35. The van der Waals surface area contributed by atoms with E-state index in [9.17, 15) is 0 Å². The number of rotatable bonds is 3. The Bertz CT molecular complexity index is 474. The fourth-order valence-corrected chi connectivity index (χ4v) is 1.97. The van der Waals surface area contributed by atoms with E-state index in [0.717, 1.165) is 18.5 Å². The Labute approximate surface area is 89.1 Å². The molecule has 1 aliphatic rings. The summed E-state index contributed by atoms with van der Waals surface area (Å²) in [7, 11) is 0. The molecule has 15 heavy (non-hydrogen) atoms. The van der Waals surface area contributed by atoms with Gasteiger partial charge in [0, 0.05) is 24.3 Å². The maximum atomic E-state index is 4.31. The second kappa shape index (κ2) is 3.35. The van der Waals surface area contributed by atoms with Crippen molar-refractivity contribution in [1.82, 2.24) is 14.9 Å². The molecule has 1 fully saturated rings. The van der Waals surface area contributed by atoms with Crippen molar-refractivity contribution in [2.24, 2.45) is 5.92 Å². The molecular weight excluding hydrogens is 186 g/mol. The zero-order valence-corrected chi connectivity index (χ0v) is 8.85. The maximum Gasteiger partial charge on any atom is 0.0706 e. The number of fused-ring (bicyclic) bond motifs is 1. The summed E-state index contributed by atoms with van der Waals surface area (Å²) in [4.78, 5) is 0. The van der Waals surface area contributed by atoms with Gasteiger partial charge in [0.25, 0.3) is 0 Å². The highest BCUT2D eigenvalue weighted by atomic mass is 15.2. The molecule has 0 bridgehead atoms. The molecule has 0 saturated heterocycles. The number of hydrogen-bond acceptors (Lipinski definition) is 2. The molecule has 3 nitrogen and oxygen atoms in total. The van der Waals surface area contributed by atoms with Gasteiger partial charge in [-0.25, -0.2) is 4.52 Å². The molecule has 1 N–H and O–H groups in total. The first-order valence-electron chi connectivity index (χ1n) is 5.49. The summed E-state index contributed by atoms with van der Waals surface area (Å²) in [6.45, 7) is 3.22. The maximum absolute atomic E-state index is 4.31. The van der Waals surface area contributed by atoms with Gasteiger partial charge in [0.2, 0.25) is 0 Å². The quantitative estimate of drug-likeness (QED) is 0.821. The van der Waals surface area contributed by atoms with Gasteiger partial charge in [-0.3, -0.25) is 0 Å². The minimum Gasteiger partial charge on any atom is -0.310 e. The van der Waals surface area contributed by atoms with Gasteiger partial charge in [-0.1, -0.05) is 13.0 Å². The monoisotopic (exact) mass is 201 g/mol. The zero-order chi connectivity index (χ0) is 10.3. The summed E-state index contributed by atoms with van der Waals surface area (Å²) in [5.41, 5.74) is 2.49. The molecule has 0 aromatic carbocycles. The fraction of sp³-hybridized carbons (Fsp3) is 0.417. The summed E-state index contributed by atoms with van der Waals surface area (Å²) in [5, 5.41) is 7.86. The lowest BCUT2D eigenvalue weighted by Crippen LogP contribution is -2.16. The number of pyridine rings is 1. The van der Waals surface area contributed by atoms with E-state index in [2.05, 4.69) is 29.5 Å². The largest absolute Gasteiger partial charge is 0.310 e. The highest BCUT2D eigenvalue weighted by Gasteiger charge is 2.31. The molecule has 2 aromatic heterocycles. The smallest absolute Gasteiger partial charge is 0.0706 e. The second-order valence-electron chi connectivity index (χ2n) is 4.40. The van der Waals surface area contributed by atoms with Crippen LogP contribution in [0.2, 0.25) is 0 Å². The van der Waals surface area contributed by atoms with Crippen LogP contribution in [0, 0.1) is 5.92 Å². The van der Waals surface area contributed by atoms with E-state index in [0.29, 0.717) is 0 Å². The average molecular weight is 201 g/mol. The van der Waals surface area contributed by atoms with Crippen LogP contribution < -0.4 is 5.32 Å². The predicted molar refractivity (Wildman–Crippen MR) is 59.6 cm³/mol. The van der Waals surface area contributed by atoms with E-state index in [1.165, 1.54) is 17.5 Å². The normalized spacial score (nSPS) is 24.6. The molecular formula is C12H15N3. The van der Waals surface area contributed by atoms with E-state index in [4.69, 9.17) is 0 Å². The van der Waals surface area contributed by atoms with Crippen LogP contribution in [0.4, 0.5) is 0 Å². The lowest BCUT2D eigenvalue weighted by Gasteiger charge is -2.01. The molecule has 1 saturated carbocycles. The standard InChI is InChI=1S/C12H15N3/c1-9-6-11(9)13-7-10-8-14-15-5-3-2-4-12(10)15/h2-5,8-9,11,13H,6-7H2,1H3. The van der Waals surface area contributed by atoms with Gasteiger partial charge >= 0.3 is 0 Å². The van der Waals surface area contributed by atoms with Gasteiger partial charge in [0.15, 0.2) is 0 Å². The Kier molecular flexibility index (Phi) is 1.99. The highest BCUT2D eigenvalue weighted by Crippen LogP contribution is 2.29. The third-order valence-electron chi connectivity index (χ3n) is 3.17. The van der Waals surface area contributed by atoms with Crippen molar-refractivity contribution in [3.05, 3.63) is 36.2 Å². The Morgan fingerprint density at radius 1 is 1.53 bits per heavy atom. The molecule has 0 aliphatic heterocycles. The van der Waals surface area contributed by atoms with Crippen molar-refractivity contribution >= 4 is 5.52 Å². The lowest BCUT2D eigenvalue weighted by atomic mass is 10.2. The number of nitrogens with zero attached hydrogens (tertiary/aromatic N) is 2. The van der Waals surface area contributed by atoms with Crippen LogP contribution in [-0.4, -0.2) is 15.7 Å². The topological polar surface area (TPSA) is 29.3 Å².